The van der Waals surface area contributed by atoms with Crippen molar-refractivity contribution in [2.45, 2.75) is 30.9 Å². The van der Waals surface area contributed by atoms with Gasteiger partial charge in [-0.15, -0.1) is 0 Å². The summed E-state index contributed by atoms with van der Waals surface area (Å²) < 4.78 is 39.4. The molecule has 0 bridgehead atoms. The lowest BCUT2D eigenvalue weighted by Crippen LogP contribution is -2.48. The normalized spacial score (nSPS) is 19.7. The second-order valence-corrected chi connectivity index (χ2v) is 4.71. The Morgan fingerprint density at radius 1 is 1.33 bits per heavy atom. The number of hydrogen-bond donors (Lipinski definition) is 0. The standard InChI is InChI=1S/C10H9BrF3N/c11-7-2-5-15-8(6-7)9(3-1-4-9)10(12,13)14/h2,5-6H,1,3-4H2. The van der Waals surface area contributed by atoms with Crippen molar-refractivity contribution < 1.29 is 13.2 Å². The van der Waals surface area contributed by atoms with Gasteiger partial charge in [-0.05, 0) is 25.0 Å². The molecule has 0 aromatic carbocycles. The third-order valence-corrected chi connectivity index (χ3v) is 3.46. The predicted octanol–water partition coefficient (Wildman–Crippen LogP) is 3.83. The summed E-state index contributed by atoms with van der Waals surface area (Å²) in [5, 5.41) is 0. The van der Waals surface area contributed by atoms with Crippen molar-refractivity contribution in [1.29, 1.82) is 0 Å². The van der Waals surface area contributed by atoms with E-state index in [1.807, 2.05) is 0 Å². The number of alkyl halides is 3. The van der Waals surface area contributed by atoms with E-state index >= 15 is 0 Å². The zero-order valence-corrected chi connectivity index (χ0v) is 9.40. The monoisotopic (exact) mass is 279 g/mol. The lowest BCUT2D eigenvalue weighted by atomic mass is 9.66. The first kappa shape index (κ1) is 10.9. The predicted molar refractivity (Wildman–Crippen MR) is 53.5 cm³/mol. The minimum Gasteiger partial charge on any atom is -0.260 e. The molecule has 0 aliphatic heterocycles. The van der Waals surface area contributed by atoms with Crippen molar-refractivity contribution in [3.05, 3.63) is 28.5 Å². The van der Waals surface area contributed by atoms with Crippen molar-refractivity contribution in [2.75, 3.05) is 0 Å². The number of aromatic nitrogens is 1. The Bertz CT molecular complexity index is 371. The average Bonchev–Trinajstić information content (AvgIpc) is 1.98. The molecule has 1 heterocycles. The van der Waals surface area contributed by atoms with E-state index in [4.69, 9.17) is 0 Å². The van der Waals surface area contributed by atoms with Crippen LogP contribution in [0.1, 0.15) is 25.0 Å². The molecule has 0 spiro atoms. The molecule has 5 heteroatoms. The van der Waals surface area contributed by atoms with Gasteiger partial charge >= 0.3 is 6.18 Å². The summed E-state index contributed by atoms with van der Waals surface area (Å²) in [5.41, 5.74) is -1.56. The fourth-order valence-electron chi connectivity index (χ4n) is 1.88. The van der Waals surface area contributed by atoms with Crippen molar-refractivity contribution in [3.63, 3.8) is 0 Å². The number of rotatable bonds is 1. The van der Waals surface area contributed by atoms with Crippen molar-refractivity contribution in [1.82, 2.24) is 4.98 Å². The Balaban J connectivity index is 2.43. The maximum Gasteiger partial charge on any atom is 0.399 e. The minimum atomic E-state index is -4.20. The Labute approximate surface area is 93.8 Å². The summed E-state index contributed by atoms with van der Waals surface area (Å²) >= 11 is 3.17. The van der Waals surface area contributed by atoms with Crippen LogP contribution in [0, 0.1) is 0 Å². The Morgan fingerprint density at radius 3 is 2.40 bits per heavy atom. The molecule has 0 amide bonds. The molecule has 1 aromatic rings. The fourth-order valence-corrected chi connectivity index (χ4v) is 2.22. The molecule has 0 saturated heterocycles. The van der Waals surface area contributed by atoms with E-state index in [0.29, 0.717) is 10.9 Å². The largest absolute Gasteiger partial charge is 0.399 e. The van der Waals surface area contributed by atoms with Crippen LogP contribution in [0.5, 0.6) is 0 Å². The van der Waals surface area contributed by atoms with Crippen LogP contribution < -0.4 is 0 Å². The van der Waals surface area contributed by atoms with E-state index in [2.05, 4.69) is 20.9 Å². The van der Waals surface area contributed by atoms with Gasteiger partial charge in [-0.3, -0.25) is 4.98 Å². The molecule has 1 saturated carbocycles. The number of halogens is 4. The third kappa shape index (κ3) is 1.67. The lowest BCUT2D eigenvalue weighted by molar-refractivity contribution is -0.214. The molecule has 0 unspecified atom stereocenters. The van der Waals surface area contributed by atoms with E-state index in [0.717, 1.165) is 0 Å². The van der Waals surface area contributed by atoms with Crippen molar-refractivity contribution in [2.24, 2.45) is 0 Å². The highest BCUT2D eigenvalue weighted by Crippen LogP contribution is 2.54. The van der Waals surface area contributed by atoms with Crippen LogP contribution in [-0.2, 0) is 5.41 Å². The van der Waals surface area contributed by atoms with Gasteiger partial charge in [-0.25, -0.2) is 0 Å². The van der Waals surface area contributed by atoms with Crippen LogP contribution in [-0.4, -0.2) is 11.2 Å². The molecule has 0 N–H and O–H groups in total. The molecule has 1 fully saturated rings. The second kappa shape index (κ2) is 3.47. The quantitative estimate of drug-likeness (QED) is 0.761. The first-order valence-corrected chi connectivity index (χ1v) is 5.44. The molecule has 82 valence electrons. The van der Waals surface area contributed by atoms with Gasteiger partial charge in [-0.2, -0.15) is 13.2 Å². The molecular weight excluding hydrogens is 271 g/mol. The highest BCUT2D eigenvalue weighted by molar-refractivity contribution is 9.10. The van der Waals surface area contributed by atoms with Gasteiger partial charge in [0.25, 0.3) is 0 Å². The van der Waals surface area contributed by atoms with E-state index < -0.39 is 11.6 Å². The molecule has 1 aliphatic rings. The zero-order chi connectivity index (χ0) is 11.1. The molecule has 0 atom stereocenters. The maximum atomic E-state index is 12.9. The van der Waals surface area contributed by atoms with Crippen LogP contribution in [0.2, 0.25) is 0 Å². The number of pyridine rings is 1. The fraction of sp³-hybridized carbons (Fsp3) is 0.500. The third-order valence-electron chi connectivity index (χ3n) is 2.96. The molecular formula is C10H9BrF3N. The van der Waals surface area contributed by atoms with E-state index in [1.54, 1.807) is 6.07 Å². The molecule has 1 nitrogen and oxygen atoms in total. The Morgan fingerprint density at radius 2 is 2.00 bits per heavy atom. The van der Waals surface area contributed by atoms with Crippen molar-refractivity contribution in [3.8, 4) is 0 Å². The van der Waals surface area contributed by atoms with Crippen LogP contribution in [0.15, 0.2) is 22.8 Å². The summed E-state index contributed by atoms with van der Waals surface area (Å²) in [4.78, 5) is 3.85. The Kier molecular flexibility index (Phi) is 2.53. The van der Waals surface area contributed by atoms with Gasteiger partial charge < -0.3 is 0 Å². The van der Waals surface area contributed by atoms with Gasteiger partial charge in [0, 0.05) is 10.7 Å². The molecule has 1 aromatic heterocycles. The van der Waals surface area contributed by atoms with Crippen LogP contribution in [0.3, 0.4) is 0 Å². The maximum absolute atomic E-state index is 12.9. The lowest BCUT2D eigenvalue weighted by Gasteiger charge is -2.42. The number of nitrogens with zero attached hydrogens (tertiary/aromatic N) is 1. The van der Waals surface area contributed by atoms with Crippen LogP contribution >= 0.6 is 15.9 Å². The first-order valence-electron chi connectivity index (χ1n) is 4.64. The summed E-state index contributed by atoms with van der Waals surface area (Å²) in [5.74, 6) is 0. The highest BCUT2D eigenvalue weighted by Gasteiger charge is 2.60. The SMILES string of the molecule is FC(F)(F)C1(c2cc(Br)ccn2)CCC1. The zero-order valence-electron chi connectivity index (χ0n) is 7.81. The summed E-state index contributed by atoms with van der Waals surface area (Å²) in [6.45, 7) is 0. The highest BCUT2D eigenvalue weighted by atomic mass is 79.9. The first-order chi connectivity index (χ1) is 6.96. The van der Waals surface area contributed by atoms with Crippen LogP contribution in [0.4, 0.5) is 13.2 Å². The van der Waals surface area contributed by atoms with Crippen molar-refractivity contribution >= 4 is 15.9 Å². The van der Waals surface area contributed by atoms with Gasteiger partial charge in [0.15, 0.2) is 0 Å². The average molecular weight is 280 g/mol. The van der Waals surface area contributed by atoms with Gasteiger partial charge in [-0.1, -0.05) is 22.4 Å². The topological polar surface area (TPSA) is 12.9 Å². The van der Waals surface area contributed by atoms with E-state index in [1.165, 1.54) is 12.3 Å². The minimum absolute atomic E-state index is 0.135. The van der Waals surface area contributed by atoms with Gasteiger partial charge in [0.1, 0.15) is 5.41 Å². The number of hydrogen-bond acceptors (Lipinski definition) is 1. The molecule has 15 heavy (non-hydrogen) atoms. The van der Waals surface area contributed by atoms with Gasteiger partial charge in [0.05, 0.1) is 5.69 Å². The van der Waals surface area contributed by atoms with E-state index in [9.17, 15) is 13.2 Å². The van der Waals surface area contributed by atoms with E-state index in [-0.39, 0.29) is 18.5 Å². The summed E-state index contributed by atoms with van der Waals surface area (Å²) in [7, 11) is 0. The smallest absolute Gasteiger partial charge is 0.260 e. The van der Waals surface area contributed by atoms with Gasteiger partial charge in [0.2, 0.25) is 0 Å². The molecule has 2 rings (SSSR count). The Hall–Kier alpha value is -0.580. The summed E-state index contributed by atoms with van der Waals surface area (Å²) in [6, 6.07) is 3.10. The summed E-state index contributed by atoms with van der Waals surface area (Å²) in [6.07, 6.45) is -1.86. The molecule has 0 radical (unpaired) electrons. The van der Waals surface area contributed by atoms with Crippen LogP contribution in [0.25, 0.3) is 0 Å². The second-order valence-electron chi connectivity index (χ2n) is 3.79. The molecule has 1 aliphatic carbocycles.